The third-order valence-electron chi connectivity index (χ3n) is 2.82. The van der Waals surface area contributed by atoms with Gasteiger partial charge >= 0.3 is 0 Å². The van der Waals surface area contributed by atoms with Gasteiger partial charge in [-0.25, -0.2) is 0 Å². The highest BCUT2D eigenvalue weighted by atomic mass is 16.2. The molecule has 0 aromatic heterocycles. The lowest BCUT2D eigenvalue weighted by molar-refractivity contribution is 0.0772. The van der Waals surface area contributed by atoms with Crippen molar-refractivity contribution in [2.75, 3.05) is 13.1 Å². The molecule has 0 atom stereocenters. The van der Waals surface area contributed by atoms with Crippen molar-refractivity contribution in [3.05, 3.63) is 35.4 Å². The maximum absolute atomic E-state index is 12.2. The van der Waals surface area contributed by atoms with Gasteiger partial charge in [0, 0.05) is 18.7 Å². The summed E-state index contributed by atoms with van der Waals surface area (Å²) in [6.07, 6.45) is 2.05. The van der Waals surface area contributed by atoms with Gasteiger partial charge in [0.1, 0.15) is 0 Å². The van der Waals surface area contributed by atoms with E-state index < -0.39 is 0 Å². The smallest absolute Gasteiger partial charge is 0.254 e. The Bertz CT molecular complexity index is 342. The molecule has 0 bridgehead atoms. The quantitative estimate of drug-likeness (QED) is 0.745. The summed E-state index contributed by atoms with van der Waals surface area (Å²) in [5, 5.41) is 0. The molecule has 0 radical (unpaired) electrons. The van der Waals surface area contributed by atoms with Crippen LogP contribution in [0.1, 0.15) is 43.1 Å². The Balaban J connectivity index is 2.97. The van der Waals surface area contributed by atoms with Crippen LogP contribution in [-0.2, 0) is 6.42 Å². The molecule has 0 unspecified atom stereocenters. The van der Waals surface area contributed by atoms with Crippen molar-refractivity contribution < 1.29 is 4.79 Å². The molecule has 0 aliphatic carbocycles. The van der Waals surface area contributed by atoms with E-state index in [1.165, 1.54) is 5.56 Å². The van der Waals surface area contributed by atoms with E-state index in [0.29, 0.717) is 0 Å². The first-order valence-corrected chi connectivity index (χ1v) is 6.11. The molecule has 0 heterocycles. The normalized spacial score (nSPS) is 10.2. The largest absolute Gasteiger partial charge is 0.339 e. The molecular formula is C14H21NO. The zero-order valence-electron chi connectivity index (χ0n) is 10.5. The maximum Gasteiger partial charge on any atom is 0.254 e. The summed E-state index contributed by atoms with van der Waals surface area (Å²) in [7, 11) is 0. The molecule has 0 aliphatic rings. The molecule has 1 aromatic rings. The predicted octanol–water partition coefficient (Wildman–Crippen LogP) is 3.12. The zero-order chi connectivity index (χ0) is 12.0. The van der Waals surface area contributed by atoms with Crippen LogP contribution in [0.5, 0.6) is 0 Å². The molecule has 0 aliphatic heterocycles. The molecule has 1 rings (SSSR count). The second-order valence-corrected chi connectivity index (χ2v) is 3.88. The number of aryl methyl sites for hydroxylation is 1. The van der Waals surface area contributed by atoms with Crippen molar-refractivity contribution in [2.45, 2.75) is 33.6 Å². The number of hydrogen-bond acceptors (Lipinski definition) is 1. The third-order valence-corrected chi connectivity index (χ3v) is 2.82. The van der Waals surface area contributed by atoms with Crippen LogP contribution in [0.25, 0.3) is 0 Å². The fourth-order valence-electron chi connectivity index (χ4n) is 1.90. The fourth-order valence-corrected chi connectivity index (χ4v) is 1.90. The first-order chi connectivity index (χ1) is 7.74. The molecular weight excluding hydrogens is 198 g/mol. The van der Waals surface area contributed by atoms with Crippen LogP contribution >= 0.6 is 0 Å². The summed E-state index contributed by atoms with van der Waals surface area (Å²) in [5.74, 6) is 0.161. The van der Waals surface area contributed by atoms with Gasteiger partial charge in [0.05, 0.1) is 0 Å². The first-order valence-electron chi connectivity index (χ1n) is 6.11. The number of nitrogens with zero attached hydrogens (tertiary/aromatic N) is 1. The molecule has 1 aromatic carbocycles. The van der Waals surface area contributed by atoms with Crippen molar-refractivity contribution in [1.29, 1.82) is 0 Å². The summed E-state index contributed by atoms with van der Waals surface area (Å²) in [5.41, 5.74) is 2.04. The summed E-state index contributed by atoms with van der Waals surface area (Å²) in [6, 6.07) is 7.94. The van der Waals surface area contributed by atoms with Gasteiger partial charge in [0.15, 0.2) is 0 Å². The van der Waals surface area contributed by atoms with Crippen molar-refractivity contribution in [2.24, 2.45) is 0 Å². The number of benzene rings is 1. The fraction of sp³-hybridized carbons (Fsp3) is 0.500. The second kappa shape index (κ2) is 6.31. The highest BCUT2D eigenvalue weighted by Gasteiger charge is 2.14. The highest BCUT2D eigenvalue weighted by molar-refractivity contribution is 5.95. The van der Waals surface area contributed by atoms with Crippen LogP contribution in [-0.4, -0.2) is 23.9 Å². The first kappa shape index (κ1) is 12.8. The Hall–Kier alpha value is -1.31. The minimum atomic E-state index is 0.161. The lowest BCUT2D eigenvalue weighted by Crippen LogP contribution is -2.31. The molecule has 0 N–H and O–H groups in total. The molecule has 2 heteroatoms. The second-order valence-electron chi connectivity index (χ2n) is 3.88. The van der Waals surface area contributed by atoms with E-state index in [1.54, 1.807) is 0 Å². The molecule has 88 valence electrons. The van der Waals surface area contributed by atoms with Crippen molar-refractivity contribution >= 4 is 5.91 Å². The van der Waals surface area contributed by atoms with Gasteiger partial charge < -0.3 is 4.90 Å². The van der Waals surface area contributed by atoms with Crippen LogP contribution < -0.4 is 0 Å². The summed E-state index contributed by atoms with van der Waals surface area (Å²) in [4.78, 5) is 14.1. The standard InChI is InChI=1S/C14H21NO/c1-4-9-12-10-7-8-11-13(12)14(16)15(5-2)6-3/h7-8,10-11H,4-6,9H2,1-3H3. The van der Waals surface area contributed by atoms with Gasteiger partial charge in [-0.1, -0.05) is 31.5 Å². The average molecular weight is 219 g/mol. The average Bonchev–Trinajstić information content (AvgIpc) is 2.31. The number of carbonyl (C=O) groups is 1. The third kappa shape index (κ3) is 2.84. The van der Waals surface area contributed by atoms with Crippen LogP contribution in [0.3, 0.4) is 0 Å². The number of rotatable bonds is 5. The Morgan fingerprint density at radius 2 is 1.75 bits per heavy atom. The van der Waals surface area contributed by atoms with E-state index in [2.05, 4.69) is 13.0 Å². The highest BCUT2D eigenvalue weighted by Crippen LogP contribution is 2.13. The number of carbonyl (C=O) groups excluding carboxylic acids is 1. The van der Waals surface area contributed by atoms with Crippen molar-refractivity contribution in [3.63, 3.8) is 0 Å². The Morgan fingerprint density at radius 1 is 1.12 bits per heavy atom. The van der Waals surface area contributed by atoms with E-state index in [1.807, 2.05) is 36.9 Å². The van der Waals surface area contributed by atoms with Crippen molar-refractivity contribution in [3.8, 4) is 0 Å². The van der Waals surface area contributed by atoms with Gasteiger partial charge in [-0.2, -0.15) is 0 Å². The van der Waals surface area contributed by atoms with Crippen LogP contribution in [0.2, 0.25) is 0 Å². The maximum atomic E-state index is 12.2. The number of hydrogen-bond donors (Lipinski definition) is 0. The van der Waals surface area contributed by atoms with Gasteiger partial charge in [-0.3, -0.25) is 4.79 Å². The Kier molecular flexibility index (Phi) is 5.03. The van der Waals surface area contributed by atoms with E-state index in [4.69, 9.17) is 0 Å². The molecule has 0 spiro atoms. The van der Waals surface area contributed by atoms with Crippen LogP contribution in [0.15, 0.2) is 24.3 Å². The van der Waals surface area contributed by atoms with E-state index in [0.717, 1.165) is 31.5 Å². The zero-order valence-corrected chi connectivity index (χ0v) is 10.5. The monoisotopic (exact) mass is 219 g/mol. The predicted molar refractivity (Wildman–Crippen MR) is 67.7 cm³/mol. The van der Waals surface area contributed by atoms with E-state index >= 15 is 0 Å². The number of amides is 1. The summed E-state index contributed by atoms with van der Waals surface area (Å²) >= 11 is 0. The Labute approximate surface area is 98.3 Å². The molecule has 0 fully saturated rings. The topological polar surface area (TPSA) is 20.3 Å². The van der Waals surface area contributed by atoms with E-state index in [-0.39, 0.29) is 5.91 Å². The van der Waals surface area contributed by atoms with Crippen LogP contribution in [0.4, 0.5) is 0 Å². The summed E-state index contributed by atoms with van der Waals surface area (Å²) in [6.45, 7) is 7.72. The SMILES string of the molecule is CCCc1ccccc1C(=O)N(CC)CC. The molecule has 2 nitrogen and oxygen atoms in total. The van der Waals surface area contributed by atoms with Gasteiger partial charge in [-0.05, 0) is 31.9 Å². The minimum Gasteiger partial charge on any atom is -0.339 e. The van der Waals surface area contributed by atoms with Crippen molar-refractivity contribution in [1.82, 2.24) is 4.90 Å². The van der Waals surface area contributed by atoms with Crippen LogP contribution in [0, 0.1) is 0 Å². The Morgan fingerprint density at radius 3 is 2.31 bits per heavy atom. The molecule has 0 saturated heterocycles. The minimum absolute atomic E-state index is 0.161. The van der Waals surface area contributed by atoms with E-state index in [9.17, 15) is 4.79 Å². The van der Waals surface area contributed by atoms with Gasteiger partial charge in [0.25, 0.3) is 5.91 Å². The lowest BCUT2D eigenvalue weighted by Gasteiger charge is -2.20. The molecule has 0 saturated carbocycles. The van der Waals surface area contributed by atoms with Gasteiger partial charge in [-0.15, -0.1) is 0 Å². The summed E-state index contributed by atoms with van der Waals surface area (Å²) < 4.78 is 0. The lowest BCUT2D eigenvalue weighted by atomic mass is 10.0. The molecule has 1 amide bonds. The van der Waals surface area contributed by atoms with Gasteiger partial charge in [0.2, 0.25) is 0 Å². The molecule has 16 heavy (non-hydrogen) atoms.